The van der Waals surface area contributed by atoms with Gasteiger partial charge in [-0.25, -0.2) is 4.98 Å². The zero-order valence-corrected chi connectivity index (χ0v) is 12.1. The fourth-order valence-corrected chi connectivity index (χ4v) is 2.44. The van der Waals surface area contributed by atoms with E-state index in [-0.39, 0.29) is 10.7 Å². The van der Waals surface area contributed by atoms with E-state index >= 15 is 0 Å². The maximum atomic E-state index is 10.8. The van der Waals surface area contributed by atoms with E-state index < -0.39 is 4.92 Å². The molecule has 0 N–H and O–H groups in total. The van der Waals surface area contributed by atoms with Crippen LogP contribution in [0.1, 0.15) is 17.3 Å². The summed E-state index contributed by atoms with van der Waals surface area (Å²) in [6, 6.07) is 2.75. The topological polar surface area (TPSA) is 87.0 Å². The minimum atomic E-state index is -0.483. The van der Waals surface area contributed by atoms with Gasteiger partial charge in [0.1, 0.15) is 12.3 Å². The average Bonchev–Trinajstić information content (AvgIpc) is 2.95. The summed E-state index contributed by atoms with van der Waals surface area (Å²) < 4.78 is 7.13. The van der Waals surface area contributed by atoms with Crippen molar-refractivity contribution in [2.24, 2.45) is 0 Å². The van der Waals surface area contributed by atoms with Gasteiger partial charge in [-0.3, -0.25) is 14.8 Å². The number of aromatic nitrogens is 3. The van der Waals surface area contributed by atoms with Crippen molar-refractivity contribution in [1.29, 1.82) is 0 Å². The Morgan fingerprint density at radius 3 is 2.81 bits per heavy atom. The lowest BCUT2D eigenvalue weighted by molar-refractivity contribution is -0.384. The molecule has 2 heterocycles. The summed E-state index contributed by atoms with van der Waals surface area (Å²) in [7, 11) is 0. The van der Waals surface area contributed by atoms with Gasteiger partial charge in [-0.1, -0.05) is 11.6 Å². The number of oxazole rings is 1. The van der Waals surface area contributed by atoms with Crippen molar-refractivity contribution in [3.05, 3.63) is 50.8 Å². The van der Waals surface area contributed by atoms with Gasteiger partial charge in [0.25, 0.3) is 5.69 Å². The van der Waals surface area contributed by atoms with E-state index in [9.17, 15) is 10.1 Å². The maximum Gasteiger partial charge on any atom is 0.271 e. The molecule has 0 spiro atoms. The second-order valence-electron chi connectivity index (χ2n) is 4.67. The van der Waals surface area contributed by atoms with Crippen molar-refractivity contribution in [3.63, 3.8) is 0 Å². The molecule has 0 unspecified atom stereocenters. The van der Waals surface area contributed by atoms with Crippen molar-refractivity contribution in [2.75, 3.05) is 0 Å². The molecule has 0 fully saturated rings. The summed E-state index contributed by atoms with van der Waals surface area (Å²) in [4.78, 5) is 14.6. The van der Waals surface area contributed by atoms with Crippen LogP contribution in [0.25, 0.3) is 10.9 Å². The first-order chi connectivity index (χ1) is 9.95. The maximum absolute atomic E-state index is 10.8. The molecular formula is C13H11ClN4O3. The van der Waals surface area contributed by atoms with Crippen LogP contribution in [0.5, 0.6) is 0 Å². The fraction of sp³-hybridized carbons (Fsp3) is 0.231. The number of nitro groups is 1. The van der Waals surface area contributed by atoms with Crippen LogP contribution in [0.3, 0.4) is 0 Å². The van der Waals surface area contributed by atoms with E-state index in [0.29, 0.717) is 23.3 Å². The molecule has 0 radical (unpaired) electrons. The van der Waals surface area contributed by atoms with Crippen LogP contribution < -0.4 is 0 Å². The molecular weight excluding hydrogens is 296 g/mol. The summed E-state index contributed by atoms with van der Waals surface area (Å²) in [5.41, 5.74) is 1.38. The molecule has 1 aromatic carbocycles. The van der Waals surface area contributed by atoms with Crippen LogP contribution in [-0.2, 0) is 6.54 Å². The van der Waals surface area contributed by atoms with Crippen LogP contribution in [0, 0.1) is 24.0 Å². The van der Waals surface area contributed by atoms with Crippen LogP contribution in [-0.4, -0.2) is 19.7 Å². The van der Waals surface area contributed by atoms with Gasteiger partial charge in [-0.2, -0.15) is 5.10 Å². The number of non-ortho nitro benzene ring substituents is 1. The number of hydrogen-bond donors (Lipinski definition) is 0. The lowest BCUT2D eigenvalue weighted by Gasteiger charge is -2.02. The predicted molar refractivity (Wildman–Crippen MR) is 76.5 cm³/mol. The highest BCUT2D eigenvalue weighted by molar-refractivity contribution is 6.35. The molecule has 2 aromatic heterocycles. The number of aryl methyl sites for hydroxylation is 2. The number of benzene rings is 1. The van der Waals surface area contributed by atoms with Gasteiger partial charge < -0.3 is 4.42 Å². The van der Waals surface area contributed by atoms with Crippen molar-refractivity contribution in [2.45, 2.75) is 20.4 Å². The zero-order valence-electron chi connectivity index (χ0n) is 11.3. The predicted octanol–water partition coefficient (Wildman–Crippen LogP) is 3.25. The second kappa shape index (κ2) is 4.85. The third-order valence-corrected chi connectivity index (χ3v) is 3.53. The largest absolute Gasteiger partial charge is 0.444 e. The molecule has 0 atom stereocenters. The molecule has 3 aromatic rings. The van der Waals surface area contributed by atoms with Crippen molar-refractivity contribution in [3.8, 4) is 0 Å². The van der Waals surface area contributed by atoms with E-state index in [1.807, 2.05) is 13.8 Å². The number of nitro benzene ring substituents is 1. The summed E-state index contributed by atoms with van der Waals surface area (Å²) >= 11 is 6.14. The third-order valence-electron chi connectivity index (χ3n) is 3.24. The number of rotatable bonds is 3. The quantitative estimate of drug-likeness (QED) is 0.547. The highest BCUT2D eigenvalue weighted by Crippen LogP contribution is 2.29. The highest BCUT2D eigenvalue weighted by atomic mass is 35.5. The Morgan fingerprint density at radius 1 is 1.43 bits per heavy atom. The van der Waals surface area contributed by atoms with Crippen molar-refractivity contribution in [1.82, 2.24) is 14.8 Å². The van der Waals surface area contributed by atoms with E-state index in [0.717, 1.165) is 11.5 Å². The Morgan fingerprint density at radius 2 is 2.19 bits per heavy atom. The van der Waals surface area contributed by atoms with E-state index in [2.05, 4.69) is 10.1 Å². The van der Waals surface area contributed by atoms with Gasteiger partial charge in [0.15, 0.2) is 0 Å². The Hall–Kier alpha value is -2.41. The van der Waals surface area contributed by atoms with Crippen LogP contribution in [0.2, 0.25) is 5.02 Å². The number of hydrogen-bond acceptors (Lipinski definition) is 5. The second-order valence-corrected chi connectivity index (χ2v) is 5.08. The number of halogens is 1. The van der Waals surface area contributed by atoms with E-state index in [1.54, 1.807) is 4.68 Å². The van der Waals surface area contributed by atoms with Crippen LogP contribution >= 0.6 is 11.6 Å². The Kier molecular flexibility index (Phi) is 3.13. The van der Waals surface area contributed by atoms with Crippen molar-refractivity contribution < 1.29 is 9.34 Å². The molecule has 8 heteroatoms. The fourth-order valence-electron chi connectivity index (χ4n) is 2.13. The number of fused-ring (bicyclic) bond motifs is 1. The van der Waals surface area contributed by atoms with Gasteiger partial charge >= 0.3 is 0 Å². The minimum absolute atomic E-state index is 0.0603. The molecule has 7 nitrogen and oxygen atoms in total. The molecule has 108 valence electrons. The SMILES string of the molecule is Cc1nc(Cn2ncc3cc([N+](=O)[O-])cc(Cl)c32)oc1C. The van der Waals surface area contributed by atoms with Gasteiger partial charge in [0, 0.05) is 17.5 Å². The van der Waals surface area contributed by atoms with Crippen molar-refractivity contribution >= 4 is 28.2 Å². The zero-order chi connectivity index (χ0) is 15.1. The first-order valence-electron chi connectivity index (χ1n) is 6.18. The lowest BCUT2D eigenvalue weighted by Crippen LogP contribution is -2.02. The van der Waals surface area contributed by atoms with Gasteiger partial charge in [0.2, 0.25) is 5.89 Å². The van der Waals surface area contributed by atoms with Gasteiger partial charge in [-0.15, -0.1) is 0 Å². The Bertz CT molecular complexity index is 833. The standard InChI is InChI=1S/C13H11ClN4O3/c1-7-8(2)21-12(16-7)6-17-13-9(5-15-17)3-10(18(19)20)4-11(13)14/h3-5H,6H2,1-2H3. The minimum Gasteiger partial charge on any atom is -0.444 e. The van der Waals surface area contributed by atoms with Gasteiger partial charge in [0.05, 0.1) is 27.4 Å². The first-order valence-corrected chi connectivity index (χ1v) is 6.56. The Balaban J connectivity index is 2.06. The summed E-state index contributed by atoms with van der Waals surface area (Å²) in [5, 5.41) is 15.9. The summed E-state index contributed by atoms with van der Waals surface area (Å²) in [6.45, 7) is 4.01. The molecule has 21 heavy (non-hydrogen) atoms. The molecule has 0 aliphatic heterocycles. The van der Waals surface area contributed by atoms with E-state index in [4.69, 9.17) is 16.0 Å². The monoisotopic (exact) mass is 306 g/mol. The van der Waals surface area contributed by atoms with E-state index in [1.165, 1.54) is 18.3 Å². The first kappa shape index (κ1) is 13.6. The smallest absolute Gasteiger partial charge is 0.271 e. The summed E-state index contributed by atoms with van der Waals surface area (Å²) in [5.74, 6) is 1.27. The normalized spacial score (nSPS) is 11.2. The molecule has 0 saturated carbocycles. The molecule has 0 bridgehead atoms. The number of nitrogens with zero attached hydrogens (tertiary/aromatic N) is 4. The molecule has 0 saturated heterocycles. The lowest BCUT2D eigenvalue weighted by atomic mass is 10.2. The average molecular weight is 307 g/mol. The highest BCUT2D eigenvalue weighted by Gasteiger charge is 2.16. The molecule has 0 aliphatic carbocycles. The van der Waals surface area contributed by atoms with Crippen LogP contribution in [0.15, 0.2) is 22.7 Å². The summed E-state index contributed by atoms with van der Waals surface area (Å²) in [6.07, 6.45) is 1.54. The Labute approximate surface area is 124 Å². The van der Waals surface area contributed by atoms with Crippen LogP contribution in [0.4, 0.5) is 5.69 Å². The van der Waals surface area contributed by atoms with Gasteiger partial charge in [-0.05, 0) is 13.8 Å². The molecule has 0 amide bonds. The molecule has 3 rings (SSSR count). The third kappa shape index (κ3) is 2.36. The molecule has 0 aliphatic rings.